The number of aromatic nitrogens is 1. The normalized spacial score (nSPS) is 11.0. The Kier molecular flexibility index (Phi) is 6.57. The molecule has 0 aliphatic heterocycles. The zero-order valence-corrected chi connectivity index (χ0v) is 16.0. The van der Waals surface area contributed by atoms with E-state index in [-0.39, 0.29) is 12.3 Å². The van der Waals surface area contributed by atoms with Crippen molar-refractivity contribution in [1.82, 2.24) is 10.3 Å². The lowest BCUT2D eigenvalue weighted by molar-refractivity contribution is -0.116. The predicted octanol–water partition coefficient (Wildman–Crippen LogP) is 3.64. The van der Waals surface area contributed by atoms with E-state index in [0.29, 0.717) is 23.8 Å². The van der Waals surface area contributed by atoms with Crippen molar-refractivity contribution in [2.45, 2.75) is 39.2 Å². The van der Waals surface area contributed by atoms with Crippen LogP contribution in [0.25, 0.3) is 11.3 Å². The van der Waals surface area contributed by atoms with Crippen LogP contribution in [0.2, 0.25) is 0 Å². The molecule has 7 nitrogen and oxygen atoms in total. The summed E-state index contributed by atoms with van der Waals surface area (Å²) >= 11 is 1.36. The average molecular weight is 376 g/mol. The molecule has 2 rings (SSSR count). The van der Waals surface area contributed by atoms with Crippen LogP contribution in [0.4, 0.5) is 15.6 Å². The molecule has 0 atom stereocenters. The molecule has 2 aromatic rings. The average Bonchev–Trinajstić information content (AvgIpc) is 2.98. The molecule has 0 saturated heterocycles. The van der Waals surface area contributed by atoms with Crippen LogP contribution in [0.5, 0.6) is 0 Å². The fourth-order valence-corrected chi connectivity index (χ4v) is 2.83. The van der Waals surface area contributed by atoms with Crippen molar-refractivity contribution in [3.63, 3.8) is 0 Å². The van der Waals surface area contributed by atoms with Crippen molar-refractivity contribution in [3.05, 3.63) is 29.6 Å². The molecular formula is C18H24N4O3S. The maximum Gasteiger partial charge on any atom is 0.407 e. The third kappa shape index (κ3) is 6.72. The molecular weight excluding hydrogens is 352 g/mol. The van der Waals surface area contributed by atoms with E-state index in [1.807, 2.05) is 29.6 Å². The number of anilines is 2. The van der Waals surface area contributed by atoms with Gasteiger partial charge >= 0.3 is 6.09 Å². The Morgan fingerprint density at radius 1 is 1.31 bits per heavy atom. The number of benzene rings is 1. The minimum Gasteiger partial charge on any atom is -0.444 e. The largest absolute Gasteiger partial charge is 0.444 e. The summed E-state index contributed by atoms with van der Waals surface area (Å²) in [6.45, 7) is 5.76. The first-order valence-corrected chi connectivity index (χ1v) is 9.19. The quantitative estimate of drug-likeness (QED) is 0.527. The van der Waals surface area contributed by atoms with Gasteiger partial charge in [0.1, 0.15) is 5.60 Å². The second-order valence-electron chi connectivity index (χ2n) is 6.74. The van der Waals surface area contributed by atoms with Gasteiger partial charge in [-0.25, -0.2) is 9.78 Å². The van der Waals surface area contributed by atoms with Crippen LogP contribution in [0, 0.1) is 0 Å². The maximum absolute atomic E-state index is 12.0. The van der Waals surface area contributed by atoms with Crippen LogP contribution in [0.3, 0.4) is 0 Å². The molecule has 140 valence electrons. The Morgan fingerprint density at radius 2 is 2.08 bits per heavy atom. The summed E-state index contributed by atoms with van der Waals surface area (Å²) in [5.74, 6) is -0.149. The number of thiazole rings is 1. The summed E-state index contributed by atoms with van der Waals surface area (Å²) < 4.78 is 5.13. The number of nitrogens with two attached hydrogens (primary N) is 1. The molecule has 4 N–H and O–H groups in total. The van der Waals surface area contributed by atoms with Crippen LogP contribution in [-0.4, -0.2) is 29.1 Å². The van der Waals surface area contributed by atoms with E-state index in [9.17, 15) is 9.59 Å². The van der Waals surface area contributed by atoms with E-state index >= 15 is 0 Å². The number of hydrogen-bond donors (Lipinski definition) is 3. The van der Waals surface area contributed by atoms with Crippen molar-refractivity contribution in [2.24, 2.45) is 0 Å². The molecule has 0 spiro atoms. The Labute approximate surface area is 157 Å². The topological polar surface area (TPSA) is 106 Å². The van der Waals surface area contributed by atoms with Gasteiger partial charge in [-0.1, -0.05) is 12.1 Å². The molecule has 0 saturated carbocycles. The molecule has 1 aromatic heterocycles. The number of nitrogens with one attached hydrogen (secondary N) is 2. The zero-order chi connectivity index (χ0) is 19.2. The molecule has 0 aliphatic carbocycles. The molecule has 1 heterocycles. The molecule has 0 fully saturated rings. The first kappa shape index (κ1) is 19.7. The van der Waals surface area contributed by atoms with Gasteiger partial charge < -0.3 is 21.1 Å². The minimum absolute atomic E-state index is 0.149. The van der Waals surface area contributed by atoms with Crippen LogP contribution < -0.4 is 16.4 Å². The summed E-state index contributed by atoms with van der Waals surface area (Å²) in [7, 11) is 0. The highest BCUT2D eigenvalue weighted by atomic mass is 32.1. The lowest BCUT2D eigenvalue weighted by atomic mass is 10.1. The number of rotatable bonds is 6. The highest BCUT2D eigenvalue weighted by molar-refractivity contribution is 7.14. The predicted molar refractivity (Wildman–Crippen MR) is 104 cm³/mol. The number of hydrogen-bond acceptors (Lipinski definition) is 6. The van der Waals surface area contributed by atoms with Gasteiger partial charge in [0.25, 0.3) is 0 Å². The van der Waals surface area contributed by atoms with Gasteiger partial charge in [-0.2, -0.15) is 0 Å². The van der Waals surface area contributed by atoms with Crippen molar-refractivity contribution < 1.29 is 14.3 Å². The van der Waals surface area contributed by atoms with E-state index in [0.717, 1.165) is 11.3 Å². The zero-order valence-electron chi connectivity index (χ0n) is 15.2. The third-order valence-electron chi connectivity index (χ3n) is 3.18. The van der Waals surface area contributed by atoms with Crippen LogP contribution >= 0.6 is 11.3 Å². The smallest absolute Gasteiger partial charge is 0.407 e. The highest BCUT2D eigenvalue weighted by Gasteiger charge is 2.15. The summed E-state index contributed by atoms with van der Waals surface area (Å²) in [6.07, 6.45) is 0.311. The fraction of sp³-hybridized carbons (Fsp3) is 0.389. The Hall–Kier alpha value is -2.61. The molecule has 2 amide bonds. The number of nitrogens with zero attached hydrogens (tertiary/aromatic N) is 1. The lowest BCUT2D eigenvalue weighted by Crippen LogP contribution is -2.33. The van der Waals surface area contributed by atoms with E-state index in [1.165, 1.54) is 11.3 Å². The SMILES string of the molecule is CC(C)(C)OC(=O)NCCCC(=O)Nc1nc(-c2cccc(N)c2)cs1. The highest BCUT2D eigenvalue weighted by Crippen LogP contribution is 2.26. The van der Waals surface area contributed by atoms with Gasteiger partial charge in [0.2, 0.25) is 5.91 Å². The maximum atomic E-state index is 12.0. The van der Waals surface area contributed by atoms with E-state index < -0.39 is 11.7 Å². The fourth-order valence-electron chi connectivity index (χ4n) is 2.10. The van der Waals surface area contributed by atoms with Gasteiger partial charge in [0.15, 0.2) is 5.13 Å². The Balaban J connectivity index is 1.74. The first-order valence-electron chi connectivity index (χ1n) is 8.31. The first-order chi connectivity index (χ1) is 12.2. The van der Waals surface area contributed by atoms with Gasteiger partial charge in [-0.05, 0) is 39.3 Å². The van der Waals surface area contributed by atoms with Crippen molar-refractivity contribution in [1.29, 1.82) is 0 Å². The minimum atomic E-state index is -0.534. The van der Waals surface area contributed by atoms with Gasteiger partial charge in [0.05, 0.1) is 5.69 Å². The molecule has 26 heavy (non-hydrogen) atoms. The number of ether oxygens (including phenoxy) is 1. The standard InChI is InChI=1S/C18H24N4O3S/c1-18(2,3)25-17(24)20-9-5-8-15(23)22-16-21-14(11-26-16)12-6-4-7-13(19)10-12/h4,6-7,10-11H,5,8-9,19H2,1-3H3,(H,20,24)(H,21,22,23). The second-order valence-corrected chi connectivity index (χ2v) is 7.60. The molecule has 0 bridgehead atoms. The van der Waals surface area contributed by atoms with Crippen LogP contribution in [0.1, 0.15) is 33.6 Å². The van der Waals surface area contributed by atoms with E-state index in [2.05, 4.69) is 15.6 Å². The molecule has 1 aromatic carbocycles. The molecule has 0 unspecified atom stereocenters. The van der Waals surface area contributed by atoms with Gasteiger partial charge in [-0.3, -0.25) is 4.79 Å². The number of carbonyl (C=O) groups is 2. The number of carbonyl (C=O) groups excluding carboxylic acids is 2. The van der Waals surface area contributed by atoms with Crippen molar-refractivity contribution in [3.8, 4) is 11.3 Å². The van der Waals surface area contributed by atoms with Gasteiger partial charge in [-0.15, -0.1) is 11.3 Å². The number of nitrogen functional groups attached to an aromatic ring is 1. The monoisotopic (exact) mass is 376 g/mol. The number of alkyl carbamates (subject to hydrolysis) is 1. The Morgan fingerprint density at radius 3 is 2.77 bits per heavy atom. The van der Waals surface area contributed by atoms with Crippen LogP contribution in [-0.2, 0) is 9.53 Å². The van der Waals surface area contributed by atoms with Crippen molar-refractivity contribution >= 4 is 34.2 Å². The third-order valence-corrected chi connectivity index (χ3v) is 3.94. The molecule has 8 heteroatoms. The molecule has 0 radical (unpaired) electrons. The summed E-state index contributed by atoms with van der Waals surface area (Å²) in [4.78, 5) is 27.9. The van der Waals surface area contributed by atoms with Gasteiger partial charge in [0, 0.05) is 29.6 Å². The van der Waals surface area contributed by atoms with E-state index in [1.54, 1.807) is 20.8 Å². The lowest BCUT2D eigenvalue weighted by Gasteiger charge is -2.19. The number of amides is 2. The summed E-state index contributed by atoms with van der Waals surface area (Å²) in [5.41, 5.74) is 7.58. The van der Waals surface area contributed by atoms with E-state index in [4.69, 9.17) is 10.5 Å². The van der Waals surface area contributed by atoms with Crippen molar-refractivity contribution in [2.75, 3.05) is 17.6 Å². The molecule has 0 aliphatic rings. The summed E-state index contributed by atoms with van der Waals surface area (Å²) in [6, 6.07) is 7.42. The Bertz CT molecular complexity index is 768. The summed E-state index contributed by atoms with van der Waals surface area (Å²) in [5, 5.41) is 7.79. The van der Waals surface area contributed by atoms with Crippen LogP contribution in [0.15, 0.2) is 29.6 Å². The second kappa shape index (κ2) is 8.66.